The minimum Gasteiger partial charge on any atom is -0.478 e. The summed E-state index contributed by atoms with van der Waals surface area (Å²) in [6.45, 7) is 0. The van der Waals surface area contributed by atoms with Crippen molar-refractivity contribution in [1.82, 2.24) is 0 Å². The molecule has 0 fully saturated rings. The van der Waals surface area contributed by atoms with Crippen LogP contribution in [-0.4, -0.2) is 39.4 Å². The van der Waals surface area contributed by atoms with Gasteiger partial charge in [-0.2, -0.15) is 0 Å². The van der Waals surface area contributed by atoms with E-state index in [1.807, 2.05) is 0 Å². The zero-order valence-electron chi connectivity index (χ0n) is 11.6. The minimum atomic E-state index is -1.27. The summed E-state index contributed by atoms with van der Waals surface area (Å²) in [5, 5.41) is 26.9. The quantitative estimate of drug-likeness (QED) is 0.728. The van der Waals surface area contributed by atoms with Crippen molar-refractivity contribution in [3.63, 3.8) is 0 Å². The highest BCUT2D eigenvalue weighted by molar-refractivity contribution is 5.96. The largest absolute Gasteiger partial charge is 0.478 e. The van der Waals surface area contributed by atoms with E-state index in [1.54, 1.807) is 12.1 Å². The van der Waals surface area contributed by atoms with E-state index in [0.717, 1.165) is 6.07 Å². The molecule has 0 radical (unpaired) electrons. The van der Waals surface area contributed by atoms with Gasteiger partial charge >= 0.3 is 17.9 Å². The molecule has 2 aromatic rings. The Morgan fingerprint density at radius 2 is 1.35 bits per heavy atom. The van der Waals surface area contributed by atoms with E-state index in [0.29, 0.717) is 5.56 Å². The van der Waals surface area contributed by atoms with E-state index < -0.39 is 17.9 Å². The lowest BCUT2D eigenvalue weighted by Gasteiger charge is -2.01. The second kappa shape index (κ2) is 6.52. The predicted octanol–water partition coefficient (Wildman–Crippen LogP) is 2.53. The average Bonchev–Trinajstić information content (AvgIpc) is 2.52. The molecule has 0 saturated carbocycles. The molecule has 0 aliphatic carbocycles. The summed E-state index contributed by atoms with van der Waals surface area (Å²) >= 11 is 0. The molecule has 116 valence electrons. The normalized spacial score (nSPS) is 10.6. The zero-order valence-corrected chi connectivity index (χ0v) is 11.6. The van der Waals surface area contributed by atoms with Crippen LogP contribution in [0, 0.1) is 0 Å². The number of hydrogen-bond donors (Lipinski definition) is 3. The van der Waals surface area contributed by atoms with Gasteiger partial charge in [0.05, 0.1) is 22.4 Å². The van der Waals surface area contributed by atoms with Gasteiger partial charge in [0.2, 0.25) is 0 Å². The van der Waals surface area contributed by atoms with Crippen molar-refractivity contribution in [2.75, 3.05) is 0 Å². The lowest BCUT2D eigenvalue weighted by Crippen LogP contribution is -2.02. The molecule has 0 heterocycles. The fourth-order valence-corrected chi connectivity index (χ4v) is 1.83. The Morgan fingerprint density at radius 3 is 1.87 bits per heavy atom. The van der Waals surface area contributed by atoms with E-state index >= 15 is 0 Å². The number of rotatable bonds is 5. The van der Waals surface area contributed by atoms with Crippen LogP contribution in [0.1, 0.15) is 36.6 Å². The Labute approximate surface area is 130 Å². The van der Waals surface area contributed by atoms with Gasteiger partial charge in [0, 0.05) is 6.21 Å². The van der Waals surface area contributed by atoms with Crippen LogP contribution in [0.5, 0.6) is 0 Å². The standard InChI is InChI=1S/C16H11NO6/c18-14(19)10-3-1-2-9(4-10)8-17-13-6-11(15(20)21)5-12(7-13)16(22)23/h1-8H,(H,18,19)(H,20,21)(H,22,23)/b17-8+. The van der Waals surface area contributed by atoms with E-state index in [9.17, 15) is 14.4 Å². The Morgan fingerprint density at radius 1 is 0.783 bits per heavy atom. The summed E-state index contributed by atoms with van der Waals surface area (Å²) in [5.41, 5.74) is 0.317. The van der Waals surface area contributed by atoms with Crippen molar-refractivity contribution in [3.8, 4) is 0 Å². The number of carbonyl (C=O) groups is 3. The Balaban J connectivity index is 2.39. The van der Waals surface area contributed by atoms with Crippen LogP contribution in [0.3, 0.4) is 0 Å². The molecule has 0 aliphatic heterocycles. The molecule has 0 saturated heterocycles. The maximum absolute atomic E-state index is 11.0. The molecule has 0 spiro atoms. The first-order valence-corrected chi connectivity index (χ1v) is 6.36. The Kier molecular flexibility index (Phi) is 4.51. The summed E-state index contributed by atoms with van der Waals surface area (Å²) in [6.07, 6.45) is 1.33. The third-order valence-corrected chi connectivity index (χ3v) is 2.91. The Hall–Kier alpha value is -3.48. The third kappa shape index (κ3) is 4.01. The third-order valence-electron chi connectivity index (χ3n) is 2.91. The van der Waals surface area contributed by atoms with Crippen molar-refractivity contribution >= 4 is 29.8 Å². The first-order chi connectivity index (χ1) is 10.9. The van der Waals surface area contributed by atoms with Gasteiger partial charge in [-0.3, -0.25) is 4.99 Å². The van der Waals surface area contributed by atoms with Gasteiger partial charge in [0.15, 0.2) is 0 Å². The second-order valence-electron chi connectivity index (χ2n) is 4.57. The van der Waals surface area contributed by atoms with Crippen LogP contribution >= 0.6 is 0 Å². The summed E-state index contributed by atoms with van der Waals surface area (Å²) in [5.74, 6) is -3.61. The lowest BCUT2D eigenvalue weighted by molar-refractivity contribution is 0.0682. The topological polar surface area (TPSA) is 124 Å². The van der Waals surface area contributed by atoms with Gasteiger partial charge < -0.3 is 15.3 Å². The smallest absolute Gasteiger partial charge is 0.335 e. The summed E-state index contributed by atoms with van der Waals surface area (Å²) in [6, 6.07) is 9.47. The van der Waals surface area contributed by atoms with E-state index in [1.165, 1.54) is 30.5 Å². The fourth-order valence-electron chi connectivity index (χ4n) is 1.83. The molecule has 7 heteroatoms. The van der Waals surface area contributed by atoms with Gasteiger partial charge in [0.25, 0.3) is 0 Å². The van der Waals surface area contributed by atoms with E-state index in [2.05, 4.69) is 4.99 Å². The highest BCUT2D eigenvalue weighted by atomic mass is 16.4. The van der Waals surface area contributed by atoms with Crippen LogP contribution in [-0.2, 0) is 0 Å². The molecule has 0 amide bonds. The molecule has 3 N–H and O–H groups in total. The lowest BCUT2D eigenvalue weighted by atomic mass is 10.1. The van der Waals surface area contributed by atoms with Gasteiger partial charge in [-0.25, -0.2) is 14.4 Å². The first-order valence-electron chi connectivity index (χ1n) is 6.36. The molecule has 7 nitrogen and oxygen atoms in total. The van der Waals surface area contributed by atoms with Gasteiger partial charge in [-0.15, -0.1) is 0 Å². The fraction of sp³-hybridized carbons (Fsp3) is 0. The molecule has 2 aromatic carbocycles. The van der Waals surface area contributed by atoms with Crippen LogP contribution in [0.15, 0.2) is 47.5 Å². The number of hydrogen-bond acceptors (Lipinski definition) is 4. The first kappa shape index (κ1) is 15.9. The van der Waals surface area contributed by atoms with Crippen molar-refractivity contribution in [1.29, 1.82) is 0 Å². The summed E-state index contributed by atoms with van der Waals surface area (Å²) in [7, 11) is 0. The van der Waals surface area contributed by atoms with Gasteiger partial charge in [0.1, 0.15) is 0 Å². The molecule has 0 atom stereocenters. The Bertz CT molecular complexity index is 793. The summed E-state index contributed by atoms with van der Waals surface area (Å²) in [4.78, 5) is 36.9. The molecule has 0 aromatic heterocycles. The van der Waals surface area contributed by atoms with Gasteiger partial charge in [-0.1, -0.05) is 12.1 Å². The molecule has 0 unspecified atom stereocenters. The van der Waals surface area contributed by atoms with E-state index in [4.69, 9.17) is 15.3 Å². The highest BCUT2D eigenvalue weighted by Crippen LogP contribution is 2.18. The molecule has 0 bridgehead atoms. The highest BCUT2D eigenvalue weighted by Gasteiger charge is 2.11. The summed E-state index contributed by atoms with van der Waals surface area (Å²) < 4.78 is 0. The number of aromatic carboxylic acids is 3. The molecule has 0 aliphatic rings. The SMILES string of the molecule is O=C(O)c1cccc(/C=N/c2cc(C(=O)O)cc(C(=O)O)c2)c1. The van der Waals surface area contributed by atoms with Crippen molar-refractivity contribution in [3.05, 3.63) is 64.7 Å². The average molecular weight is 313 g/mol. The number of nitrogens with zero attached hydrogens (tertiary/aromatic N) is 1. The van der Waals surface area contributed by atoms with Crippen LogP contribution < -0.4 is 0 Å². The van der Waals surface area contributed by atoms with E-state index in [-0.39, 0.29) is 22.4 Å². The number of carboxylic acids is 3. The number of aliphatic imine (C=N–C) groups is 1. The predicted molar refractivity (Wildman–Crippen MR) is 81.0 cm³/mol. The monoisotopic (exact) mass is 313 g/mol. The molecular formula is C16H11NO6. The zero-order chi connectivity index (χ0) is 17.0. The number of benzene rings is 2. The molecular weight excluding hydrogens is 302 g/mol. The maximum Gasteiger partial charge on any atom is 0.335 e. The van der Waals surface area contributed by atoms with Gasteiger partial charge in [-0.05, 0) is 35.9 Å². The number of carboxylic acid groups (broad SMARTS) is 3. The van der Waals surface area contributed by atoms with Crippen LogP contribution in [0.25, 0.3) is 0 Å². The van der Waals surface area contributed by atoms with Crippen molar-refractivity contribution in [2.45, 2.75) is 0 Å². The van der Waals surface area contributed by atoms with Crippen molar-refractivity contribution < 1.29 is 29.7 Å². The second-order valence-corrected chi connectivity index (χ2v) is 4.57. The molecule has 23 heavy (non-hydrogen) atoms. The maximum atomic E-state index is 11.0. The van der Waals surface area contributed by atoms with Crippen LogP contribution in [0.4, 0.5) is 5.69 Å². The van der Waals surface area contributed by atoms with Crippen molar-refractivity contribution in [2.24, 2.45) is 4.99 Å². The molecule has 2 rings (SSSR count). The minimum absolute atomic E-state index is 0.0828. The van der Waals surface area contributed by atoms with Crippen LogP contribution in [0.2, 0.25) is 0 Å².